The maximum absolute atomic E-state index is 12.9. The van der Waals surface area contributed by atoms with Crippen molar-refractivity contribution >= 4 is 46.5 Å². The highest BCUT2D eigenvalue weighted by Gasteiger charge is 2.39. The summed E-state index contributed by atoms with van der Waals surface area (Å²) in [5.41, 5.74) is 13.3. The molecule has 3 amide bonds. The summed E-state index contributed by atoms with van der Waals surface area (Å²) in [5.74, 6) is 6.03. The van der Waals surface area contributed by atoms with Gasteiger partial charge in [-0.1, -0.05) is 110 Å². The Bertz CT molecular complexity index is 4340. The van der Waals surface area contributed by atoms with Crippen LogP contribution in [0.5, 0.6) is 0 Å². The lowest BCUT2D eigenvalue weighted by Gasteiger charge is -2.37. The third-order valence-electron chi connectivity index (χ3n) is 18.7. The van der Waals surface area contributed by atoms with Crippen LogP contribution in [0, 0.1) is 5.92 Å². The molecule has 0 aliphatic carbocycles. The summed E-state index contributed by atoms with van der Waals surface area (Å²) in [4.78, 5) is 92.1. The molecule has 0 unspecified atom stereocenters. The molecule has 10 aromatic rings. The number of piperidine rings is 2. The zero-order valence-electron chi connectivity index (χ0n) is 54.9. The number of nitrogens with zero attached hydrogens (tertiary/aromatic N) is 17. The fourth-order valence-electron chi connectivity index (χ4n) is 13.6. The van der Waals surface area contributed by atoms with Gasteiger partial charge in [-0.3, -0.25) is 44.0 Å². The highest BCUT2D eigenvalue weighted by Crippen LogP contribution is 2.39. The van der Waals surface area contributed by atoms with Crippen LogP contribution in [0.2, 0.25) is 0 Å². The standard InChI is InChI=1S/C26H29N5O.C25H27N5O.C24H23N7O.CH4/c1-18(2)22-7-3-4-8-23(22)25-28-15-20-14-24(32)31(26(20)29-25)17-19-9-12-30(13-10-19)21-6-5-11-27-16-21;1-17(2)21-7-3-4-8-22(21)24-27-15-18-14-23(31)30(25(18)28-24)19-9-12-29(13-10-19)20-6-5-11-26-16-20;1-15(2)22-20(5-4-10-25-22)23-26-14-18-13-21(32)30(24(18)29-23)16(3)17-6-8-19(9-7-17)31-27-11-12-28-31;/h3-8,11,15-16,18-19H,9-10,12-14,17H2,1-2H3;3-8,11,15-17,19H,9-10,12-14H2,1-2H3;4-12,14-16H,13H2,1-3H3;1H4/t;;16-;/m..1./s1. The summed E-state index contributed by atoms with van der Waals surface area (Å²) < 4.78 is 0. The number of benzene rings is 3. The first-order valence-electron chi connectivity index (χ1n) is 33.2. The summed E-state index contributed by atoms with van der Waals surface area (Å²) in [6, 6.07) is 36.5. The lowest BCUT2D eigenvalue weighted by Crippen LogP contribution is -2.46. The van der Waals surface area contributed by atoms with Crippen molar-refractivity contribution in [1.29, 1.82) is 0 Å². The first-order valence-corrected chi connectivity index (χ1v) is 33.2. The van der Waals surface area contributed by atoms with E-state index in [1.54, 1.807) is 40.7 Å². The van der Waals surface area contributed by atoms with E-state index in [2.05, 4.69) is 140 Å². The van der Waals surface area contributed by atoms with Crippen LogP contribution in [0.4, 0.5) is 28.8 Å². The van der Waals surface area contributed by atoms with Gasteiger partial charge in [0.05, 0.1) is 72.8 Å². The van der Waals surface area contributed by atoms with Crippen LogP contribution in [0.15, 0.2) is 171 Å². The summed E-state index contributed by atoms with van der Waals surface area (Å²) >= 11 is 0. The number of pyridine rings is 3. The summed E-state index contributed by atoms with van der Waals surface area (Å²) in [6.45, 7) is 19.4. The van der Waals surface area contributed by atoms with E-state index in [4.69, 9.17) is 15.0 Å². The Morgan fingerprint density at radius 2 is 0.938 bits per heavy atom. The van der Waals surface area contributed by atoms with Gasteiger partial charge in [0, 0.05) is 109 Å². The van der Waals surface area contributed by atoms with Gasteiger partial charge in [-0.15, -0.1) is 0 Å². The number of aromatic nitrogens is 12. The molecule has 0 saturated carbocycles. The molecule has 490 valence electrons. The van der Waals surface area contributed by atoms with Crippen LogP contribution in [0.1, 0.15) is 144 Å². The normalized spacial score (nSPS) is 15.7. The maximum Gasteiger partial charge on any atom is 0.233 e. The second-order valence-corrected chi connectivity index (χ2v) is 25.9. The monoisotopic (exact) mass is 1280 g/mol. The van der Waals surface area contributed by atoms with E-state index in [0.717, 1.165) is 126 Å². The van der Waals surface area contributed by atoms with E-state index in [9.17, 15) is 14.4 Å². The average Bonchev–Trinajstić information content (AvgIpc) is 1.50. The van der Waals surface area contributed by atoms with Gasteiger partial charge in [-0.25, -0.2) is 29.9 Å². The molecule has 1 atom stereocenters. The molecule has 0 bridgehead atoms. The Kier molecular flexibility index (Phi) is 19.8. The quantitative estimate of drug-likeness (QED) is 0.0989. The van der Waals surface area contributed by atoms with Crippen LogP contribution >= 0.6 is 0 Å². The molecule has 20 nitrogen and oxygen atoms in total. The van der Waals surface area contributed by atoms with Crippen molar-refractivity contribution in [2.45, 2.75) is 131 Å². The maximum atomic E-state index is 12.9. The average molecular weight is 1280 g/mol. The molecule has 0 spiro atoms. The van der Waals surface area contributed by atoms with Crippen LogP contribution in [-0.4, -0.2) is 116 Å². The first kappa shape index (κ1) is 65.6. The van der Waals surface area contributed by atoms with Crippen molar-refractivity contribution in [2.75, 3.05) is 57.2 Å². The van der Waals surface area contributed by atoms with Gasteiger partial charge in [-0.05, 0) is 121 Å². The molecule has 5 aliphatic rings. The molecular formula is C76H83N17O3. The predicted molar refractivity (Wildman–Crippen MR) is 376 cm³/mol. The Morgan fingerprint density at radius 1 is 0.448 bits per heavy atom. The predicted octanol–water partition coefficient (Wildman–Crippen LogP) is 13.2. The number of rotatable bonds is 14. The minimum Gasteiger partial charge on any atom is -0.370 e. The lowest BCUT2D eigenvalue weighted by atomic mass is 9.96. The summed E-state index contributed by atoms with van der Waals surface area (Å²) in [7, 11) is 0. The number of carbonyl (C=O) groups is 3. The highest BCUT2D eigenvalue weighted by molar-refractivity contribution is 6.02. The van der Waals surface area contributed by atoms with Crippen molar-refractivity contribution in [3.05, 3.63) is 210 Å². The zero-order valence-corrected chi connectivity index (χ0v) is 54.9. The largest absolute Gasteiger partial charge is 0.370 e. The Labute approximate surface area is 562 Å². The summed E-state index contributed by atoms with van der Waals surface area (Å²) in [6.07, 6.45) is 23.0. The fourth-order valence-corrected chi connectivity index (χ4v) is 13.6. The van der Waals surface area contributed by atoms with Crippen LogP contribution < -0.4 is 24.5 Å². The summed E-state index contributed by atoms with van der Waals surface area (Å²) in [5, 5.41) is 8.31. The number of hydrogen-bond donors (Lipinski definition) is 0. The van der Waals surface area contributed by atoms with Crippen LogP contribution in [0.25, 0.3) is 39.9 Å². The topological polar surface area (TPSA) is 214 Å². The second kappa shape index (κ2) is 29.0. The molecule has 7 aromatic heterocycles. The van der Waals surface area contributed by atoms with Gasteiger partial charge in [0.2, 0.25) is 17.7 Å². The van der Waals surface area contributed by atoms with Crippen LogP contribution in [0.3, 0.4) is 0 Å². The molecule has 2 saturated heterocycles. The van der Waals surface area contributed by atoms with Crippen LogP contribution in [-0.2, 0) is 33.6 Å². The third-order valence-corrected chi connectivity index (χ3v) is 18.7. The number of fused-ring (bicyclic) bond motifs is 3. The molecule has 2 fully saturated rings. The third kappa shape index (κ3) is 13.9. The SMILES string of the molecule is C.CC(C)c1ccccc1-c1ncc2c(n1)N(C1CCN(c3cccnc3)CC1)C(=O)C2.CC(C)c1ccccc1-c1ncc2c(n1)N(CC1CCN(c3cccnc3)CC1)C(=O)C2.CC(C)c1ncccc1-c1ncc2c(n1)N([C@H](C)c1ccc(-n3nccn3)cc1)C(=O)C2. The van der Waals surface area contributed by atoms with Gasteiger partial charge in [0.25, 0.3) is 0 Å². The van der Waals surface area contributed by atoms with E-state index < -0.39 is 0 Å². The minimum atomic E-state index is -0.176. The second-order valence-electron chi connectivity index (χ2n) is 25.9. The highest BCUT2D eigenvalue weighted by atomic mass is 16.2. The molecule has 12 heterocycles. The first-order chi connectivity index (χ1) is 46.2. The van der Waals surface area contributed by atoms with Gasteiger partial charge < -0.3 is 9.80 Å². The fraction of sp³-hybridized carbons (Fsp3) is 0.342. The molecule has 15 rings (SSSR count). The Hall–Kier alpha value is -10.5. The molecule has 20 heteroatoms. The Balaban J connectivity index is 0.000000137. The number of hydrogen-bond acceptors (Lipinski definition) is 16. The van der Waals surface area contributed by atoms with Gasteiger partial charge >= 0.3 is 0 Å². The van der Waals surface area contributed by atoms with E-state index in [-0.39, 0.29) is 43.1 Å². The van der Waals surface area contributed by atoms with E-state index in [1.807, 2.05) is 108 Å². The number of carbonyl (C=O) groups excluding carboxylic acids is 3. The van der Waals surface area contributed by atoms with E-state index in [1.165, 1.54) is 16.8 Å². The van der Waals surface area contributed by atoms with Crippen molar-refractivity contribution in [3.8, 4) is 39.9 Å². The molecular weight excluding hydrogens is 1200 g/mol. The van der Waals surface area contributed by atoms with Crippen molar-refractivity contribution in [2.24, 2.45) is 5.92 Å². The molecule has 96 heavy (non-hydrogen) atoms. The number of amides is 3. The molecule has 0 N–H and O–H groups in total. The van der Waals surface area contributed by atoms with Gasteiger partial charge in [0.15, 0.2) is 17.5 Å². The number of anilines is 5. The molecule has 5 aliphatic heterocycles. The van der Waals surface area contributed by atoms with Gasteiger partial charge in [-0.2, -0.15) is 15.0 Å². The lowest BCUT2D eigenvalue weighted by molar-refractivity contribution is -0.118. The van der Waals surface area contributed by atoms with Crippen molar-refractivity contribution < 1.29 is 14.4 Å². The molecule has 0 radical (unpaired) electrons. The van der Waals surface area contributed by atoms with Gasteiger partial charge in [0.1, 0.15) is 17.5 Å². The van der Waals surface area contributed by atoms with E-state index >= 15 is 0 Å². The van der Waals surface area contributed by atoms with E-state index in [0.29, 0.717) is 60.3 Å². The Morgan fingerprint density at radius 3 is 1.50 bits per heavy atom. The smallest absolute Gasteiger partial charge is 0.233 e. The molecule has 3 aromatic carbocycles. The van der Waals surface area contributed by atoms with Crippen molar-refractivity contribution in [1.82, 2.24) is 59.8 Å². The zero-order chi connectivity index (χ0) is 65.7. The minimum absolute atomic E-state index is 0. The van der Waals surface area contributed by atoms with Crippen molar-refractivity contribution in [3.63, 3.8) is 0 Å².